The highest BCUT2D eigenvalue weighted by Gasteiger charge is 2.26. The second-order valence-electron chi connectivity index (χ2n) is 11.1. The Balaban J connectivity index is 1.44. The van der Waals surface area contributed by atoms with Gasteiger partial charge in [-0.2, -0.15) is 0 Å². The lowest BCUT2D eigenvalue weighted by molar-refractivity contribution is 0.611. The van der Waals surface area contributed by atoms with Crippen LogP contribution in [0.15, 0.2) is 163 Å². The molecule has 4 nitrogen and oxygen atoms in total. The van der Waals surface area contributed by atoms with Crippen molar-refractivity contribution < 1.29 is 0 Å². The van der Waals surface area contributed by atoms with Gasteiger partial charge in [-0.15, -0.1) is 5.73 Å². The maximum absolute atomic E-state index is 6.01. The van der Waals surface area contributed by atoms with E-state index in [-0.39, 0.29) is 12.0 Å². The fraction of sp³-hybridized carbons (Fsp3) is 0.154. The van der Waals surface area contributed by atoms with Crippen LogP contribution in [0.4, 0.5) is 22.7 Å². The van der Waals surface area contributed by atoms with Crippen molar-refractivity contribution in [2.24, 2.45) is 17.6 Å². The molecule has 4 N–H and O–H groups in total. The molecule has 2 aliphatic carbocycles. The molecule has 3 unspecified atom stereocenters. The second-order valence-corrected chi connectivity index (χ2v) is 11.1. The molecule has 0 heterocycles. The number of benzene rings is 3. The number of anilines is 4. The van der Waals surface area contributed by atoms with Gasteiger partial charge < -0.3 is 21.3 Å². The van der Waals surface area contributed by atoms with Crippen LogP contribution in [-0.2, 0) is 0 Å². The predicted octanol–water partition coefficient (Wildman–Crippen LogP) is 9.05. The number of rotatable bonds is 9. The summed E-state index contributed by atoms with van der Waals surface area (Å²) in [5.41, 5.74) is 23.3. The Morgan fingerprint density at radius 3 is 2.26 bits per heavy atom. The molecule has 4 heteroatoms. The molecule has 0 amide bonds. The van der Waals surface area contributed by atoms with Crippen LogP contribution >= 0.6 is 0 Å². The molecule has 5 rings (SSSR count). The number of hydrogen-bond donors (Lipinski definition) is 2. The number of nitrogens with two attached hydrogens (primary N) is 2. The van der Waals surface area contributed by atoms with Crippen LogP contribution in [0.3, 0.4) is 0 Å². The topological polar surface area (TPSA) is 58.5 Å². The molecular weight excluding hydrogens is 524 g/mol. The quantitative estimate of drug-likeness (QED) is 0.155. The zero-order chi connectivity index (χ0) is 30.2. The number of nitrogens with zero attached hydrogens (tertiary/aromatic N) is 2. The molecule has 0 saturated heterocycles. The molecule has 2 aliphatic rings. The summed E-state index contributed by atoms with van der Waals surface area (Å²) in [6, 6.07) is 27.6. The van der Waals surface area contributed by atoms with Crippen molar-refractivity contribution in [1.29, 1.82) is 0 Å². The SMILES string of the molecule is C=C=C/C(=C\C=C\N)N(C1=CC=CC(C)C1)c1ccc(C2=CC(C)C(N(c3ccccc3)c3ccc(N)cc3)C=C2)cc1. The highest BCUT2D eigenvalue weighted by atomic mass is 15.2. The Labute approximate surface area is 256 Å². The Bertz CT molecular complexity index is 1630. The van der Waals surface area contributed by atoms with E-state index >= 15 is 0 Å². The molecule has 0 aromatic heterocycles. The van der Waals surface area contributed by atoms with Gasteiger partial charge in [-0.1, -0.05) is 81.1 Å². The molecule has 3 aromatic carbocycles. The van der Waals surface area contributed by atoms with E-state index in [0.29, 0.717) is 5.92 Å². The summed E-state index contributed by atoms with van der Waals surface area (Å²) in [7, 11) is 0. The first-order valence-corrected chi connectivity index (χ1v) is 14.8. The van der Waals surface area contributed by atoms with Crippen LogP contribution in [0.2, 0.25) is 0 Å². The van der Waals surface area contributed by atoms with Gasteiger partial charge in [0.1, 0.15) is 0 Å². The highest BCUT2D eigenvalue weighted by Crippen LogP contribution is 2.37. The number of para-hydroxylation sites is 1. The van der Waals surface area contributed by atoms with Crippen LogP contribution in [0.1, 0.15) is 25.8 Å². The lowest BCUT2D eigenvalue weighted by atomic mass is 9.88. The minimum atomic E-state index is 0.159. The fourth-order valence-corrected chi connectivity index (χ4v) is 5.76. The van der Waals surface area contributed by atoms with Gasteiger partial charge in [-0.05, 0) is 102 Å². The van der Waals surface area contributed by atoms with Crippen LogP contribution in [-0.4, -0.2) is 6.04 Å². The molecular formula is C39H40N4. The third-order valence-corrected chi connectivity index (χ3v) is 7.85. The average Bonchev–Trinajstić information content (AvgIpc) is 3.03. The van der Waals surface area contributed by atoms with E-state index in [1.165, 1.54) is 16.8 Å². The van der Waals surface area contributed by atoms with Crippen molar-refractivity contribution in [2.75, 3.05) is 15.5 Å². The number of hydrogen-bond acceptors (Lipinski definition) is 4. The van der Waals surface area contributed by atoms with Crippen molar-refractivity contribution in [3.05, 3.63) is 169 Å². The van der Waals surface area contributed by atoms with Crippen molar-refractivity contribution in [3.63, 3.8) is 0 Å². The lowest BCUT2D eigenvalue weighted by Crippen LogP contribution is -2.35. The van der Waals surface area contributed by atoms with Gasteiger partial charge in [0.25, 0.3) is 0 Å². The van der Waals surface area contributed by atoms with Crippen LogP contribution in [0, 0.1) is 11.8 Å². The molecule has 0 fully saturated rings. The summed E-state index contributed by atoms with van der Waals surface area (Å²) >= 11 is 0. The molecule has 3 aromatic rings. The normalized spacial score (nSPS) is 19.9. The van der Waals surface area contributed by atoms with Gasteiger partial charge >= 0.3 is 0 Å². The molecule has 0 bridgehead atoms. The molecule has 0 radical (unpaired) electrons. The third-order valence-electron chi connectivity index (χ3n) is 7.85. The number of nitrogen functional groups attached to an aromatic ring is 1. The summed E-state index contributed by atoms with van der Waals surface area (Å²) in [5, 5.41) is 0. The van der Waals surface area contributed by atoms with Crippen LogP contribution < -0.4 is 21.3 Å². The molecule has 0 spiro atoms. The molecule has 3 atom stereocenters. The van der Waals surface area contributed by atoms with E-state index < -0.39 is 0 Å². The standard InChI is InChI=1S/C39H40N4/c1-4-10-34(15-9-26-40)42(38-14-8-11-29(2)27-38)36-21-16-31(17-22-36)32-18-25-39(30(3)28-32)43(35-12-6-5-7-13-35)37-23-19-33(41)20-24-37/h5-26,28-30,39H,1,27,40-41H2,2-3H3/b26-9+,34-15+. The van der Waals surface area contributed by atoms with E-state index in [4.69, 9.17) is 11.5 Å². The van der Waals surface area contributed by atoms with E-state index in [0.717, 1.165) is 34.9 Å². The maximum atomic E-state index is 6.01. The van der Waals surface area contributed by atoms with Crippen molar-refractivity contribution in [1.82, 2.24) is 0 Å². The van der Waals surface area contributed by atoms with Gasteiger partial charge in [-0.3, -0.25) is 0 Å². The minimum Gasteiger partial charge on any atom is -0.405 e. The minimum absolute atomic E-state index is 0.159. The van der Waals surface area contributed by atoms with E-state index in [1.807, 2.05) is 30.4 Å². The summed E-state index contributed by atoms with van der Waals surface area (Å²) in [4.78, 5) is 4.65. The van der Waals surface area contributed by atoms with Crippen molar-refractivity contribution >= 4 is 28.3 Å². The van der Waals surface area contributed by atoms with E-state index in [9.17, 15) is 0 Å². The largest absolute Gasteiger partial charge is 0.405 e. The Hall–Kier alpha value is -5.18. The van der Waals surface area contributed by atoms with Crippen LogP contribution in [0.5, 0.6) is 0 Å². The summed E-state index contributed by atoms with van der Waals surface area (Å²) in [6.07, 6.45) is 21.7. The smallest absolute Gasteiger partial charge is 0.0585 e. The van der Waals surface area contributed by atoms with Crippen molar-refractivity contribution in [3.8, 4) is 0 Å². The highest BCUT2D eigenvalue weighted by molar-refractivity contribution is 5.78. The first kappa shape index (κ1) is 29.3. The number of allylic oxidation sites excluding steroid dienone is 9. The predicted molar refractivity (Wildman–Crippen MR) is 185 cm³/mol. The lowest BCUT2D eigenvalue weighted by Gasteiger charge is -2.37. The first-order chi connectivity index (χ1) is 21.0. The zero-order valence-corrected chi connectivity index (χ0v) is 25.0. The third kappa shape index (κ3) is 6.83. The summed E-state index contributed by atoms with van der Waals surface area (Å²) in [5.74, 6) is 0.723. The molecule has 0 aliphatic heterocycles. The summed E-state index contributed by atoms with van der Waals surface area (Å²) in [6.45, 7) is 8.35. The van der Waals surface area contributed by atoms with Crippen LogP contribution in [0.25, 0.3) is 5.57 Å². The average molecular weight is 565 g/mol. The van der Waals surface area contributed by atoms with E-state index in [1.54, 1.807) is 6.20 Å². The van der Waals surface area contributed by atoms with Gasteiger partial charge in [0.05, 0.1) is 11.7 Å². The van der Waals surface area contributed by atoms with Gasteiger partial charge in [-0.25, -0.2) is 0 Å². The summed E-state index contributed by atoms with van der Waals surface area (Å²) < 4.78 is 0. The maximum Gasteiger partial charge on any atom is 0.0585 e. The molecule has 43 heavy (non-hydrogen) atoms. The first-order valence-electron chi connectivity index (χ1n) is 14.8. The molecule has 0 saturated carbocycles. The second kappa shape index (κ2) is 13.7. The van der Waals surface area contributed by atoms with Gasteiger partial charge in [0.2, 0.25) is 0 Å². The van der Waals surface area contributed by atoms with Gasteiger partial charge in [0.15, 0.2) is 0 Å². The zero-order valence-electron chi connectivity index (χ0n) is 25.0. The Morgan fingerprint density at radius 2 is 1.60 bits per heavy atom. The fourth-order valence-electron chi connectivity index (χ4n) is 5.76. The van der Waals surface area contributed by atoms with Crippen molar-refractivity contribution in [2.45, 2.75) is 26.3 Å². The van der Waals surface area contributed by atoms with Gasteiger partial charge in [0, 0.05) is 34.5 Å². The molecule has 216 valence electrons. The van der Waals surface area contributed by atoms with E-state index in [2.05, 4.69) is 139 Å². The monoisotopic (exact) mass is 564 g/mol. The Kier molecular flexibility index (Phi) is 9.31. The Morgan fingerprint density at radius 1 is 0.907 bits per heavy atom.